The fourth-order valence-corrected chi connectivity index (χ4v) is 6.18. The number of carbonyl (C=O) groups is 1. The molecule has 4 rings (SSSR count). The lowest BCUT2D eigenvalue weighted by atomic mass is 9.71. The van der Waals surface area contributed by atoms with Gasteiger partial charge in [-0.25, -0.2) is 0 Å². The standard InChI is InChI=1S/C19H33NO4.C6H13N/c1-13(24-16-9-5-6-10-23-16)11-15-12-20-18(19(21)22)17(15)14-7-3-2-4-8-14;7-6-4-2-1-3-5-6/h13-18,20H,2-12H2,1H3,(H,21,22);6H,1-5,7H2/t13?,15?,16?,17?,18-;/m0./s1. The van der Waals surface area contributed by atoms with Crippen molar-refractivity contribution in [2.24, 2.45) is 23.5 Å². The molecule has 4 N–H and O–H groups in total. The topological polar surface area (TPSA) is 93.8 Å². The number of ether oxygens (including phenoxy) is 2. The zero-order valence-electron chi connectivity index (χ0n) is 19.6. The minimum absolute atomic E-state index is 0.0634. The zero-order valence-corrected chi connectivity index (χ0v) is 19.6. The number of carboxylic acids is 1. The second-order valence-electron chi connectivity index (χ2n) is 10.3. The minimum Gasteiger partial charge on any atom is -0.480 e. The summed E-state index contributed by atoms with van der Waals surface area (Å²) in [4.78, 5) is 11.7. The summed E-state index contributed by atoms with van der Waals surface area (Å²) in [5.41, 5.74) is 5.63. The summed E-state index contributed by atoms with van der Waals surface area (Å²) in [5.74, 6) is 0.518. The van der Waals surface area contributed by atoms with Crippen LogP contribution in [0.3, 0.4) is 0 Å². The smallest absolute Gasteiger partial charge is 0.321 e. The van der Waals surface area contributed by atoms with Gasteiger partial charge in [0.15, 0.2) is 6.29 Å². The molecule has 6 heteroatoms. The maximum atomic E-state index is 11.7. The molecule has 0 aromatic heterocycles. The number of aliphatic carboxylic acids is 1. The van der Waals surface area contributed by atoms with Gasteiger partial charge in [0.25, 0.3) is 0 Å². The molecule has 2 saturated heterocycles. The van der Waals surface area contributed by atoms with Crippen LogP contribution in [0.15, 0.2) is 0 Å². The van der Waals surface area contributed by atoms with Crippen LogP contribution in [-0.4, -0.2) is 48.7 Å². The van der Waals surface area contributed by atoms with E-state index in [9.17, 15) is 9.90 Å². The molecule has 2 aliphatic heterocycles. The van der Waals surface area contributed by atoms with Gasteiger partial charge in [-0.2, -0.15) is 0 Å². The Morgan fingerprint density at radius 2 is 1.68 bits per heavy atom. The van der Waals surface area contributed by atoms with Crippen molar-refractivity contribution >= 4 is 5.97 Å². The number of nitrogens with two attached hydrogens (primary N) is 1. The molecule has 0 aromatic rings. The fraction of sp³-hybridized carbons (Fsp3) is 0.960. The van der Waals surface area contributed by atoms with Crippen LogP contribution in [0.2, 0.25) is 0 Å². The number of hydrogen-bond acceptors (Lipinski definition) is 5. The Kier molecular flexibility index (Phi) is 10.6. The van der Waals surface area contributed by atoms with Crippen molar-refractivity contribution < 1.29 is 19.4 Å². The van der Waals surface area contributed by atoms with Crippen LogP contribution in [0.1, 0.15) is 96.8 Å². The van der Waals surface area contributed by atoms with Crippen LogP contribution >= 0.6 is 0 Å². The molecule has 180 valence electrons. The van der Waals surface area contributed by atoms with E-state index < -0.39 is 5.97 Å². The first kappa shape index (κ1) is 24.9. The van der Waals surface area contributed by atoms with E-state index in [1.165, 1.54) is 70.6 Å². The first-order chi connectivity index (χ1) is 15.0. The molecule has 2 saturated carbocycles. The largest absolute Gasteiger partial charge is 0.480 e. The van der Waals surface area contributed by atoms with Gasteiger partial charge < -0.3 is 25.6 Å². The highest BCUT2D eigenvalue weighted by Gasteiger charge is 2.44. The Morgan fingerprint density at radius 1 is 1.03 bits per heavy atom. The lowest BCUT2D eigenvalue weighted by molar-refractivity contribution is -0.188. The molecule has 2 aliphatic carbocycles. The third-order valence-corrected chi connectivity index (χ3v) is 7.80. The minimum atomic E-state index is -0.683. The normalized spacial score (nSPS) is 34.0. The lowest BCUT2D eigenvalue weighted by Crippen LogP contribution is -2.40. The Labute approximate surface area is 189 Å². The Hall–Kier alpha value is -0.690. The van der Waals surface area contributed by atoms with Crippen molar-refractivity contribution in [3.63, 3.8) is 0 Å². The van der Waals surface area contributed by atoms with Crippen molar-refractivity contribution in [3.8, 4) is 0 Å². The average molecular weight is 439 g/mol. The van der Waals surface area contributed by atoms with E-state index in [-0.39, 0.29) is 24.4 Å². The summed E-state index contributed by atoms with van der Waals surface area (Å²) in [6.45, 7) is 3.72. The van der Waals surface area contributed by atoms with Gasteiger partial charge in [0.1, 0.15) is 6.04 Å². The predicted octanol–water partition coefficient (Wildman–Crippen LogP) is 4.46. The summed E-state index contributed by atoms with van der Waals surface area (Å²) < 4.78 is 11.8. The highest BCUT2D eigenvalue weighted by Crippen LogP contribution is 2.40. The second kappa shape index (κ2) is 13.1. The molecule has 0 spiro atoms. The van der Waals surface area contributed by atoms with Gasteiger partial charge in [0.2, 0.25) is 0 Å². The first-order valence-corrected chi connectivity index (χ1v) is 13.0. The number of carboxylic acid groups (broad SMARTS) is 1. The van der Waals surface area contributed by atoms with Crippen LogP contribution in [0.4, 0.5) is 0 Å². The highest BCUT2D eigenvalue weighted by atomic mass is 16.7. The van der Waals surface area contributed by atoms with E-state index in [1.54, 1.807) is 0 Å². The van der Waals surface area contributed by atoms with Gasteiger partial charge >= 0.3 is 5.97 Å². The van der Waals surface area contributed by atoms with E-state index in [0.717, 1.165) is 32.4 Å². The van der Waals surface area contributed by atoms with Gasteiger partial charge in [-0.1, -0.05) is 51.4 Å². The van der Waals surface area contributed by atoms with Crippen LogP contribution in [0, 0.1) is 17.8 Å². The quantitative estimate of drug-likeness (QED) is 0.567. The highest BCUT2D eigenvalue weighted by molar-refractivity contribution is 5.74. The van der Waals surface area contributed by atoms with E-state index in [1.807, 2.05) is 0 Å². The number of nitrogens with one attached hydrogen (secondary N) is 1. The molecule has 0 aromatic carbocycles. The Morgan fingerprint density at radius 3 is 2.23 bits per heavy atom. The Bertz CT molecular complexity index is 514. The van der Waals surface area contributed by atoms with Crippen molar-refractivity contribution in [1.82, 2.24) is 5.32 Å². The summed E-state index contributed by atoms with van der Waals surface area (Å²) >= 11 is 0. The van der Waals surface area contributed by atoms with Gasteiger partial charge in [0, 0.05) is 12.6 Å². The molecule has 0 bridgehead atoms. The summed E-state index contributed by atoms with van der Waals surface area (Å²) in [6, 6.07) is 0.157. The molecule has 0 amide bonds. The van der Waals surface area contributed by atoms with Crippen LogP contribution in [0.25, 0.3) is 0 Å². The summed E-state index contributed by atoms with van der Waals surface area (Å²) in [5, 5.41) is 12.9. The maximum absolute atomic E-state index is 11.7. The van der Waals surface area contributed by atoms with E-state index in [0.29, 0.717) is 17.9 Å². The molecule has 5 atom stereocenters. The molecule has 4 fully saturated rings. The second-order valence-corrected chi connectivity index (χ2v) is 10.3. The SMILES string of the molecule is CC(CC1CN[C@H](C(=O)O)C1C1CCCCC1)OC1CCCCO1.NC1CCCCC1. The molecule has 6 nitrogen and oxygen atoms in total. The predicted molar refractivity (Wildman–Crippen MR) is 123 cm³/mol. The van der Waals surface area contributed by atoms with E-state index in [2.05, 4.69) is 12.2 Å². The molecule has 4 unspecified atom stereocenters. The fourth-order valence-electron chi connectivity index (χ4n) is 6.18. The Balaban J connectivity index is 0.000000330. The van der Waals surface area contributed by atoms with Crippen LogP contribution < -0.4 is 11.1 Å². The molecule has 0 radical (unpaired) electrons. The van der Waals surface area contributed by atoms with Crippen LogP contribution in [-0.2, 0) is 14.3 Å². The zero-order chi connectivity index (χ0) is 22.1. The maximum Gasteiger partial charge on any atom is 0.321 e. The van der Waals surface area contributed by atoms with Gasteiger partial charge in [-0.15, -0.1) is 0 Å². The van der Waals surface area contributed by atoms with E-state index >= 15 is 0 Å². The van der Waals surface area contributed by atoms with Crippen molar-refractivity contribution in [1.29, 1.82) is 0 Å². The number of rotatable bonds is 6. The van der Waals surface area contributed by atoms with Crippen molar-refractivity contribution in [3.05, 3.63) is 0 Å². The molecule has 2 heterocycles. The van der Waals surface area contributed by atoms with Crippen molar-refractivity contribution in [2.75, 3.05) is 13.2 Å². The van der Waals surface area contributed by atoms with Gasteiger partial charge in [-0.05, 0) is 69.7 Å². The molecule has 31 heavy (non-hydrogen) atoms. The first-order valence-electron chi connectivity index (χ1n) is 13.0. The molecular formula is C25H46N2O4. The monoisotopic (exact) mass is 438 g/mol. The van der Waals surface area contributed by atoms with Crippen molar-refractivity contribution in [2.45, 2.75) is 121 Å². The van der Waals surface area contributed by atoms with Gasteiger partial charge in [-0.3, -0.25) is 4.79 Å². The van der Waals surface area contributed by atoms with Gasteiger partial charge in [0.05, 0.1) is 6.10 Å². The summed E-state index contributed by atoms with van der Waals surface area (Å²) in [6.07, 6.45) is 17.1. The number of hydrogen-bond donors (Lipinski definition) is 3. The molecular weight excluding hydrogens is 392 g/mol. The average Bonchev–Trinajstić information content (AvgIpc) is 3.20. The lowest BCUT2D eigenvalue weighted by Gasteiger charge is -2.34. The van der Waals surface area contributed by atoms with E-state index in [4.69, 9.17) is 15.2 Å². The van der Waals surface area contributed by atoms with Crippen LogP contribution in [0.5, 0.6) is 0 Å². The summed E-state index contributed by atoms with van der Waals surface area (Å²) in [7, 11) is 0. The molecule has 4 aliphatic rings. The third-order valence-electron chi connectivity index (χ3n) is 7.80. The third kappa shape index (κ3) is 7.99.